The molecule has 2 aromatic heterocycles. The van der Waals surface area contributed by atoms with Crippen LogP contribution in [0.1, 0.15) is 24.5 Å². The molecule has 1 atom stereocenters. The molecule has 1 aromatic carbocycles. The van der Waals surface area contributed by atoms with Crippen molar-refractivity contribution in [3.8, 4) is 11.1 Å². The van der Waals surface area contributed by atoms with Gasteiger partial charge in [0.1, 0.15) is 19.2 Å². The van der Waals surface area contributed by atoms with Crippen LogP contribution < -0.4 is 4.90 Å². The van der Waals surface area contributed by atoms with Gasteiger partial charge in [0, 0.05) is 49.9 Å². The van der Waals surface area contributed by atoms with Gasteiger partial charge in [-0.1, -0.05) is 23.7 Å². The van der Waals surface area contributed by atoms with E-state index >= 15 is 0 Å². The van der Waals surface area contributed by atoms with Crippen LogP contribution in [0, 0.1) is 0 Å². The Morgan fingerprint density at radius 2 is 2.07 bits per heavy atom. The number of piperidine rings is 1. The minimum Gasteiger partial charge on any atom is -0.347 e. The SMILES string of the molecule is CN(C)c1ncc(-c2ccc(Cl)cc2)c([C@@H]2CCCN(C(=O)Cn3cncn3)C2)n1. The van der Waals surface area contributed by atoms with Crippen LogP contribution in [-0.4, -0.2) is 62.7 Å². The Bertz CT molecular complexity index is 1000. The van der Waals surface area contributed by atoms with Gasteiger partial charge in [-0.15, -0.1) is 0 Å². The highest BCUT2D eigenvalue weighted by atomic mass is 35.5. The van der Waals surface area contributed by atoms with Gasteiger partial charge in [-0.3, -0.25) is 4.79 Å². The maximum Gasteiger partial charge on any atom is 0.244 e. The molecule has 30 heavy (non-hydrogen) atoms. The van der Waals surface area contributed by atoms with Gasteiger partial charge in [-0.2, -0.15) is 5.10 Å². The van der Waals surface area contributed by atoms with Crippen molar-refractivity contribution in [3.05, 3.63) is 53.8 Å². The molecule has 0 spiro atoms. The summed E-state index contributed by atoms with van der Waals surface area (Å²) in [6.07, 6.45) is 6.77. The molecule has 1 amide bonds. The molecule has 3 heterocycles. The summed E-state index contributed by atoms with van der Waals surface area (Å²) in [5, 5.41) is 4.73. The average Bonchev–Trinajstić information content (AvgIpc) is 3.27. The summed E-state index contributed by atoms with van der Waals surface area (Å²) < 4.78 is 1.56. The number of carbonyl (C=O) groups excluding carboxylic acids is 1. The van der Waals surface area contributed by atoms with Gasteiger partial charge < -0.3 is 9.80 Å². The zero-order chi connectivity index (χ0) is 21.1. The molecular formula is C21H24ClN7O. The van der Waals surface area contributed by atoms with Crippen LogP contribution in [0.3, 0.4) is 0 Å². The van der Waals surface area contributed by atoms with Crippen molar-refractivity contribution in [2.24, 2.45) is 0 Å². The summed E-state index contributed by atoms with van der Waals surface area (Å²) in [5.74, 6) is 0.833. The van der Waals surface area contributed by atoms with Crippen molar-refractivity contribution in [2.45, 2.75) is 25.3 Å². The molecule has 0 saturated carbocycles. The summed E-state index contributed by atoms with van der Waals surface area (Å²) >= 11 is 6.07. The molecule has 1 fully saturated rings. The average molecular weight is 426 g/mol. The first-order valence-corrected chi connectivity index (χ1v) is 10.3. The number of halogens is 1. The lowest BCUT2D eigenvalue weighted by Gasteiger charge is -2.33. The second kappa shape index (κ2) is 8.79. The molecule has 1 aliphatic rings. The van der Waals surface area contributed by atoms with Gasteiger partial charge in [0.15, 0.2) is 0 Å². The number of aromatic nitrogens is 5. The van der Waals surface area contributed by atoms with Crippen LogP contribution in [-0.2, 0) is 11.3 Å². The van der Waals surface area contributed by atoms with E-state index in [4.69, 9.17) is 16.6 Å². The Kier molecular flexibility index (Phi) is 5.94. The van der Waals surface area contributed by atoms with Gasteiger partial charge in [0.05, 0.1) is 5.69 Å². The highest BCUT2D eigenvalue weighted by Gasteiger charge is 2.28. The van der Waals surface area contributed by atoms with Gasteiger partial charge in [0.2, 0.25) is 11.9 Å². The van der Waals surface area contributed by atoms with Crippen LogP contribution in [0.15, 0.2) is 43.1 Å². The number of rotatable bonds is 5. The zero-order valence-corrected chi connectivity index (χ0v) is 17.8. The number of nitrogens with zero attached hydrogens (tertiary/aromatic N) is 7. The molecule has 9 heteroatoms. The normalized spacial score (nSPS) is 16.5. The largest absolute Gasteiger partial charge is 0.347 e. The quantitative estimate of drug-likeness (QED) is 0.625. The molecule has 0 aliphatic carbocycles. The number of anilines is 1. The Hall–Kier alpha value is -3.00. The third kappa shape index (κ3) is 4.43. The minimum atomic E-state index is 0.0418. The fraction of sp³-hybridized carbons (Fsp3) is 0.381. The first-order chi connectivity index (χ1) is 14.5. The molecule has 0 radical (unpaired) electrons. The second-order valence-electron chi connectivity index (χ2n) is 7.64. The minimum absolute atomic E-state index is 0.0418. The topological polar surface area (TPSA) is 80.0 Å². The number of hydrogen-bond acceptors (Lipinski definition) is 6. The molecule has 0 N–H and O–H groups in total. The molecule has 156 valence electrons. The van der Waals surface area contributed by atoms with Gasteiger partial charge >= 0.3 is 0 Å². The van der Waals surface area contributed by atoms with E-state index in [2.05, 4.69) is 15.1 Å². The van der Waals surface area contributed by atoms with E-state index in [0.717, 1.165) is 36.2 Å². The fourth-order valence-electron chi connectivity index (χ4n) is 3.74. The van der Waals surface area contributed by atoms with Crippen LogP contribution >= 0.6 is 11.6 Å². The number of carbonyl (C=O) groups is 1. The van der Waals surface area contributed by atoms with E-state index in [0.29, 0.717) is 17.5 Å². The Labute approximate surface area is 180 Å². The van der Waals surface area contributed by atoms with Gasteiger partial charge in [-0.25, -0.2) is 19.6 Å². The monoisotopic (exact) mass is 425 g/mol. The smallest absolute Gasteiger partial charge is 0.244 e. The molecular weight excluding hydrogens is 402 g/mol. The number of benzene rings is 1. The number of likely N-dealkylation sites (tertiary alicyclic amines) is 1. The van der Waals surface area contributed by atoms with E-state index in [9.17, 15) is 4.79 Å². The standard InChI is InChI=1S/C21H24ClN7O/c1-27(2)21-24-10-18(15-5-7-17(22)8-6-15)20(26-21)16-4-3-9-28(11-16)19(30)12-29-14-23-13-25-29/h5-8,10,13-14,16H,3-4,9,11-12H2,1-2H3/t16-/m1/s1. The molecule has 1 saturated heterocycles. The zero-order valence-electron chi connectivity index (χ0n) is 17.1. The van der Waals surface area contributed by atoms with Gasteiger partial charge in [-0.05, 0) is 30.5 Å². The first-order valence-electron chi connectivity index (χ1n) is 9.91. The molecule has 8 nitrogen and oxygen atoms in total. The number of amides is 1. The van der Waals surface area contributed by atoms with Crippen molar-refractivity contribution in [1.29, 1.82) is 0 Å². The molecule has 0 unspecified atom stereocenters. The number of hydrogen-bond donors (Lipinski definition) is 0. The molecule has 1 aliphatic heterocycles. The van der Waals surface area contributed by atoms with Crippen LogP contribution in [0.2, 0.25) is 5.02 Å². The van der Waals surface area contributed by atoms with E-state index in [1.165, 1.54) is 6.33 Å². The second-order valence-corrected chi connectivity index (χ2v) is 8.08. The van der Waals surface area contributed by atoms with Crippen molar-refractivity contribution in [3.63, 3.8) is 0 Å². The third-order valence-electron chi connectivity index (χ3n) is 5.29. The Morgan fingerprint density at radius 3 is 2.77 bits per heavy atom. The summed E-state index contributed by atoms with van der Waals surface area (Å²) in [7, 11) is 3.85. The molecule has 4 rings (SSSR count). The van der Waals surface area contributed by atoms with Crippen LogP contribution in [0.4, 0.5) is 5.95 Å². The van der Waals surface area contributed by atoms with E-state index < -0.39 is 0 Å². The highest BCUT2D eigenvalue weighted by molar-refractivity contribution is 6.30. The molecule has 0 bridgehead atoms. The summed E-state index contributed by atoms with van der Waals surface area (Å²) in [6, 6.07) is 7.71. The molecule has 3 aromatic rings. The van der Waals surface area contributed by atoms with E-state index in [1.807, 2.05) is 54.4 Å². The van der Waals surface area contributed by atoms with Crippen molar-refractivity contribution in [1.82, 2.24) is 29.6 Å². The predicted molar refractivity (Wildman–Crippen MR) is 115 cm³/mol. The van der Waals surface area contributed by atoms with Crippen molar-refractivity contribution in [2.75, 3.05) is 32.1 Å². The third-order valence-corrected chi connectivity index (χ3v) is 5.54. The van der Waals surface area contributed by atoms with E-state index in [-0.39, 0.29) is 18.4 Å². The summed E-state index contributed by atoms with van der Waals surface area (Å²) in [5.41, 5.74) is 2.97. The Morgan fingerprint density at radius 1 is 1.27 bits per heavy atom. The summed E-state index contributed by atoms with van der Waals surface area (Å²) in [4.78, 5) is 29.9. The maximum atomic E-state index is 12.8. The van der Waals surface area contributed by atoms with Crippen LogP contribution in [0.25, 0.3) is 11.1 Å². The lowest BCUT2D eigenvalue weighted by Crippen LogP contribution is -2.41. The van der Waals surface area contributed by atoms with E-state index in [1.54, 1.807) is 11.0 Å². The highest BCUT2D eigenvalue weighted by Crippen LogP contribution is 2.34. The van der Waals surface area contributed by atoms with Gasteiger partial charge in [0.25, 0.3) is 0 Å². The Balaban J connectivity index is 1.63. The fourth-order valence-corrected chi connectivity index (χ4v) is 3.87. The lowest BCUT2D eigenvalue weighted by atomic mass is 9.90. The first kappa shape index (κ1) is 20.3. The maximum absolute atomic E-state index is 12.8. The van der Waals surface area contributed by atoms with Crippen molar-refractivity contribution < 1.29 is 4.79 Å². The van der Waals surface area contributed by atoms with Crippen molar-refractivity contribution >= 4 is 23.5 Å². The predicted octanol–water partition coefficient (Wildman–Crippen LogP) is 2.86. The lowest BCUT2D eigenvalue weighted by molar-refractivity contribution is -0.133. The van der Waals surface area contributed by atoms with Crippen LogP contribution in [0.5, 0.6) is 0 Å². The summed E-state index contributed by atoms with van der Waals surface area (Å²) in [6.45, 7) is 1.56.